The molecule has 0 radical (unpaired) electrons. The fourth-order valence-corrected chi connectivity index (χ4v) is 2.38. The van der Waals surface area contributed by atoms with Crippen LogP contribution in [0.25, 0.3) is 0 Å². The van der Waals surface area contributed by atoms with Gasteiger partial charge in [-0.2, -0.15) is 0 Å². The molecule has 6 heteroatoms. The molecule has 0 saturated heterocycles. The lowest BCUT2D eigenvalue weighted by atomic mass is 10.1. The Hall–Kier alpha value is -2.76. The van der Waals surface area contributed by atoms with Gasteiger partial charge in [-0.1, -0.05) is 12.1 Å². The Morgan fingerprint density at radius 3 is 2.86 bits per heavy atom. The summed E-state index contributed by atoms with van der Waals surface area (Å²) >= 11 is 0. The van der Waals surface area contributed by atoms with Crippen molar-refractivity contribution in [3.63, 3.8) is 0 Å². The first-order valence-corrected chi connectivity index (χ1v) is 7.10. The summed E-state index contributed by atoms with van der Waals surface area (Å²) in [7, 11) is 0. The van der Waals surface area contributed by atoms with Crippen molar-refractivity contribution in [2.24, 2.45) is 0 Å². The first kappa shape index (κ1) is 14.2. The maximum atomic E-state index is 10.9. The molecular weight excluding hydrogens is 282 g/mol. The lowest BCUT2D eigenvalue weighted by molar-refractivity contribution is 0.0697. The zero-order valence-corrected chi connectivity index (χ0v) is 12.2. The van der Waals surface area contributed by atoms with E-state index in [-0.39, 0.29) is 11.6 Å². The summed E-state index contributed by atoms with van der Waals surface area (Å²) < 4.78 is 5.59. The van der Waals surface area contributed by atoms with Crippen LogP contribution in [0.1, 0.15) is 28.9 Å². The highest BCUT2D eigenvalue weighted by Crippen LogP contribution is 2.34. The summed E-state index contributed by atoms with van der Waals surface area (Å²) in [6.07, 6.45) is 1.70. The molecule has 1 atom stereocenters. The van der Waals surface area contributed by atoms with Crippen LogP contribution in [0.3, 0.4) is 0 Å². The van der Waals surface area contributed by atoms with Crippen LogP contribution in [0.5, 0.6) is 5.75 Å². The molecule has 1 aromatic carbocycles. The van der Waals surface area contributed by atoms with E-state index < -0.39 is 5.97 Å². The molecule has 1 aliphatic heterocycles. The molecule has 2 heterocycles. The Morgan fingerprint density at radius 2 is 2.14 bits per heavy atom. The fraction of sp³-hybridized carbons (Fsp3) is 0.250. The Bertz CT molecular complexity index is 686. The molecule has 2 aromatic rings. The SMILES string of the molecule is CC(Nc1nccc2c1NCCO2)c1ccc(C(=O)O)cc1. The summed E-state index contributed by atoms with van der Waals surface area (Å²) in [6.45, 7) is 3.39. The third-order valence-corrected chi connectivity index (χ3v) is 3.59. The molecule has 3 rings (SSSR count). The van der Waals surface area contributed by atoms with E-state index in [1.165, 1.54) is 0 Å². The topological polar surface area (TPSA) is 83.5 Å². The lowest BCUT2D eigenvalue weighted by Gasteiger charge is -2.23. The van der Waals surface area contributed by atoms with Crippen molar-refractivity contribution in [2.75, 3.05) is 23.8 Å². The highest BCUT2D eigenvalue weighted by atomic mass is 16.5. The first-order valence-electron chi connectivity index (χ1n) is 7.10. The predicted molar refractivity (Wildman–Crippen MR) is 83.7 cm³/mol. The number of aromatic nitrogens is 1. The van der Waals surface area contributed by atoms with E-state index in [0.717, 1.165) is 29.4 Å². The van der Waals surface area contributed by atoms with Gasteiger partial charge in [0.1, 0.15) is 18.0 Å². The van der Waals surface area contributed by atoms with Crippen molar-refractivity contribution in [3.8, 4) is 5.75 Å². The van der Waals surface area contributed by atoms with E-state index in [9.17, 15) is 4.79 Å². The van der Waals surface area contributed by atoms with E-state index >= 15 is 0 Å². The molecule has 0 saturated carbocycles. The standard InChI is InChI=1S/C16H17N3O3/c1-10(11-2-4-12(5-3-11)16(20)21)19-15-14-13(6-7-18-15)22-9-8-17-14/h2-7,10,17H,8-9H2,1H3,(H,18,19)(H,20,21). The van der Waals surface area contributed by atoms with Gasteiger partial charge in [0.05, 0.1) is 11.6 Å². The maximum Gasteiger partial charge on any atom is 0.335 e. The molecule has 0 amide bonds. The largest absolute Gasteiger partial charge is 0.489 e. The minimum absolute atomic E-state index is 0.00873. The number of nitrogens with one attached hydrogen (secondary N) is 2. The Balaban J connectivity index is 1.79. The van der Waals surface area contributed by atoms with Crippen LogP contribution < -0.4 is 15.4 Å². The first-order chi connectivity index (χ1) is 10.6. The van der Waals surface area contributed by atoms with E-state index in [4.69, 9.17) is 9.84 Å². The second-order valence-electron chi connectivity index (χ2n) is 5.10. The van der Waals surface area contributed by atoms with Crippen LogP contribution in [-0.4, -0.2) is 29.2 Å². The number of ether oxygens (including phenoxy) is 1. The number of rotatable bonds is 4. The van der Waals surface area contributed by atoms with Crippen molar-refractivity contribution >= 4 is 17.5 Å². The van der Waals surface area contributed by atoms with Crippen LogP contribution in [0.2, 0.25) is 0 Å². The summed E-state index contributed by atoms with van der Waals surface area (Å²) in [5.41, 5.74) is 2.13. The molecule has 6 nitrogen and oxygen atoms in total. The second-order valence-corrected chi connectivity index (χ2v) is 5.10. The van der Waals surface area contributed by atoms with Gasteiger partial charge in [-0.25, -0.2) is 9.78 Å². The summed E-state index contributed by atoms with van der Waals surface area (Å²) in [5, 5.41) is 15.6. The number of fused-ring (bicyclic) bond motifs is 1. The van der Waals surface area contributed by atoms with Crippen molar-refractivity contribution in [2.45, 2.75) is 13.0 Å². The highest BCUT2D eigenvalue weighted by molar-refractivity contribution is 5.87. The molecule has 1 aromatic heterocycles. The zero-order chi connectivity index (χ0) is 15.5. The van der Waals surface area contributed by atoms with Crippen LogP contribution >= 0.6 is 0 Å². The van der Waals surface area contributed by atoms with Crippen LogP contribution in [-0.2, 0) is 0 Å². The number of pyridine rings is 1. The quantitative estimate of drug-likeness (QED) is 0.805. The van der Waals surface area contributed by atoms with Gasteiger partial charge >= 0.3 is 5.97 Å². The van der Waals surface area contributed by atoms with Gasteiger partial charge in [0.2, 0.25) is 0 Å². The molecular formula is C16H17N3O3. The van der Waals surface area contributed by atoms with E-state index in [2.05, 4.69) is 15.6 Å². The Kier molecular flexibility index (Phi) is 3.82. The van der Waals surface area contributed by atoms with Crippen molar-refractivity contribution < 1.29 is 14.6 Å². The van der Waals surface area contributed by atoms with Gasteiger partial charge in [0.15, 0.2) is 5.82 Å². The predicted octanol–water partition coefficient (Wildman–Crippen LogP) is 2.76. The van der Waals surface area contributed by atoms with E-state index in [1.54, 1.807) is 30.5 Å². The average molecular weight is 299 g/mol. The van der Waals surface area contributed by atoms with Gasteiger partial charge in [0.25, 0.3) is 0 Å². The van der Waals surface area contributed by atoms with Crippen molar-refractivity contribution in [1.29, 1.82) is 0 Å². The number of hydrogen-bond donors (Lipinski definition) is 3. The number of anilines is 2. The highest BCUT2D eigenvalue weighted by Gasteiger charge is 2.16. The molecule has 1 aliphatic rings. The third kappa shape index (κ3) is 2.81. The van der Waals surface area contributed by atoms with Gasteiger partial charge in [-0.05, 0) is 24.6 Å². The molecule has 0 spiro atoms. The molecule has 1 unspecified atom stereocenters. The summed E-state index contributed by atoms with van der Waals surface area (Å²) in [6, 6.07) is 8.64. The minimum atomic E-state index is -0.924. The Morgan fingerprint density at radius 1 is 1.36 bits per heavy atom. The molecule has 114 valence electrons. The number of aromatic carboxylic acids is 1. The van der Waals surface area contributed by atoms with Gasteiger partial charge in [0, 0.05) is 18.8 Å². The number of carboxylic acid groups (broad SMARTS) is 1. The lowest BCUT2D eigenvalue weighted by Crippen LogP contribution is -2.20. The van der Waals surface area contributed by atoms with E-state index in [1.807, 2.05) is 13.0 Å². The molecule has 0 fully saturated rings. The maximum absolute atomic E-state index is 10.9. The normalized spacial score (nSPS) is 14.2. The van der Waals surface area contributed by atoms with Gasteiger partial charge < -0.3 is 20.5 Å². The van der Waals surface area contributed by atoms with Crippen LogP contribution in [0.15, 0.2) is 36.5 Å². The van der Waals surface area contributed by atoms with Crippen molar-refractivity contribution in [3.05, 3.63) is 47.7 Å². The van der Waals surface area contributed by atoms with Crippen LogP contribution in [0, 0.1) is 0 Å². The Labute approximate surface area is 128 Å². The molecule has 22 heavy (non-hydrogen) atoms. The molecule has 3 N–H and O–H groups in total. The average Bonchev–Trinajstić information content (AvgIpc) is 2.55. The monoisotopic (exact) mass is 299 g/mol. The summed E-state index contributed by atoms with van der Waals surface area (Å²) in [5.74, 6) is 0.594. The molecule has 0 bridgehead atoms. The van der Waals surface area contributed by atoms with Gasteiger partial charge in [-0.15, -0.1) is 0 Å². The van der Waals surface area contributed by atoms with Crippen LogP contribution in [0.4, 0.5) is 11.5 Å². The number of carboxylic acids is 1. The number of benzene rings is 1. The smallest absolute Gasteiger partial charge is 0.335 e. The third-order valence-electron chi connectivity index (χ3n) is 3.59. The van der Waals surface area contributed by atoms with Gasteiger partial charge in [-0.3, -0.25) is 0 Å². The van der Waals surface area contributed by atoms with E-state index in [0.29, 0.717) is 6.61 Å². The fourth-order valence-electron chi connectivity index (χ4n) is 2.38. The number of hydrogen-bond acceptors (Lipinski definition) is 5. The molecule has 0 aliphatic carbocycles. The number of carbonyl (C=O) groups is 1. The van der Waals surface area contributed by atoms with Crippen molar-refractivity contribution in [1.82, 2.24) is 4.98 Å². The summed E-state index contributed by atoms with van der Waals surface area (Å²) in [4.78, 5) is 15.2. The zero-order valence-electron chi connectivity index (χ0n) is 12.2. The second kappa shape index (κ2) is 5.93. The number of nitrogens with zero attached hydrogens (tertiary/aromatic N) is 1. The minimum Gasteiger partial charge on any atom is -0.489 e.